The van der Waals surface area contributed by atoms with Crippen LogP contribution in [0.5, 0.6) is 5.88 Å². The van der Waals surface area contributed by atoms with Gasteiger partial charge in [-0.25, -0.2) is 19.2 Å². The van der Waals surface area contributed by atoms with Crippen molar-refractivity contribution in [3.05, 3.63) is 39.9 Å². The Morgan fingerprint density at radius 3 is 2.85 bits per heavy atom. The molecule has 2 aromatic heterocycles. The van der Waals surface area contributed by atoms with Gasteiger partial charge in [0.2, 0.25) is 5.88 Å². The van der Waals surface area contributed by atoms with Crippen LogP contribution in [0.15, 0.2) is 27.7 Å². The van der Waals surface area contributed by atoms with Gasteiger partial charge in [0.05, 0.1) is 25.2 Å². The smallest absolute Gasteiger partial charge is 0.417 e. The number of aromatic amines is 1. The van der Waals surface area contributed by atoms with Crippen molar-refractivity contribution in [1.29, 1.82) is 0 Å². The van der Waals surface area contributed by atoms with Gasteiger partial charge in [-0.1, -0.05) is 11.6 Å². The van der Waals surface area contributed by atoms with Gasteiger partial charge in [0.1, 0.15) is 16.4 Å². The van der Waals surface area contributed by atoms with Gasteiger partial charge < -0.3 is 9.15 Å². The van der Waals surface area contributed by atoms with Crippen LogP contribution in [0.25, 0.3) is 22.4 Å². The van der Waals surface area contributed by atoms with Gasteiger partial charge in [-0.3, -0.25) is 4.98 Å². The molecule has 102 valence electrons. The Bertz CT molecular complexity index is 842. The van der Waals surface area contributed by atoms with Gasteiger partial charge in [-0.15, -0.1) is 0 Å². The topological polar surface area (TPSA) is 81.0 Å². The van der Waals surface area contributed by atoms with E-state index in [0.717, 1.165) is 6.07 Å². The lowest BCUT2D eigenvalue weighted by Gasteiger charge is -2.04. The normalized spacial score (nSPS) is 10.9. The third-order valence-corrected chi connectivity index (χ3v) is 3.08. The second kappa shape index (κ2) is 4.61. The third kappa shape index (κ3) is 1.92. The van der Waals surface area contributed by atoms with Gasteiger partial charge in [0, 0.05) is 5.56 Å². The number of hydrogen-bond donors (Lipinski definition) is 1. The predicted octanol–water partition coefficient (Wildman–Crippen LogP) is 2.38. The molecule has 0 amide bonds. The Kier molecular flexibility index (Phi) is 2.90. The molecule has 0 bridgehead atoms. The number of benzene rings is 1. The largest absolute Gasteiger partial charge is 0.480 e. The highest BCUT2D eigenvalue weighted by atomic mass is 35.5. The van der Waals surface area contributed by atoms with Crippen molar-refractivity contribution < 1.29 is 13.5 Å². The van der Waals surface area contributed by atoms with E-state index < -0.39 is 11.6 Å². The molecule has 20 heavy (non-hydrogen) atoms. The number of halogens is 2. The van der Waals surface area contributed by atoms with Gasteiger partial charge in [-0.05, 0) is 6.07 Å². The predicted molar refractivity (Wildman–Crippen MR) is 69.4 cm³/mol. The molecule has 1 aromatic carbocycles. The lowest BCUT2D eigenvalue weighted by Crippen LogP contribution is -1.93. The SMILES string of the molecule is COc1cnc(-c2cc(F)c(Cl)c3[nH]c(=O)oc23)cn1. The van der Waals surface area contributed by atoms with E-state index in [4.69, 9.17) is 20.8 Å². The maximum absolute atomic E-state index is 13.8. The minimum absolute atomic E-state index is 0.0873. The number of rotatable bonds is 2. The van der Waals surface area contributed by atoms with Crippen molar-refractivity contribution in [3.63, 3.8) is 0 Å². The van der Waals surface area contributed by atoms with Crippen LogP contribution in [-0.4, -0.2) is 22.1 Å². The van der Waals surface area contributed by atoms with Crippen LogP contribution >= 0.6 is 11.6 Å². The average molecular weight is 296 g/mol. The fourth-order valence-electron chi connectivity index (χ4n) is 1.80. The summed E-state index contributed by atoms with van der Waals surface area (Å²) in [5.41, 5.74) is 0.815. The van der Waals surface area contributed by atoms with E-state index in [-0.39, 0.29) is 21.7 Å². The van der Waals surface area contributed by atoms with Crippen molar-refractivity contribution in [2.75, 3.05) is 7.11 Å². The highest BCUT2D eigenvalue weighted by Gasteiger charge is 2.17. The average Bonchev–Trinajstić information content (AvgIpc) is 2.85. The Morgan fingerprint density at radius 2 is 2.20 bits per heavy atom. The van der Waals surface area contributed by atoms with Crippen molar-refractivity contribution in [2.45, 2.75) is 0 Å². The van der Waals surface area contributed by atoms with Crippen LogP contribution < -0.4 is 10.5 Å². The van der Waals surface area contributed by atoms with E-state index in [1.165, 1.54) is 19.5 Å². The zero-order valence-electron chi connectivity index (χ0n) is 10.1. The molecule has 0 aliphatic heterocycles. The molecule has 0 radical (unpaired) electrons. The summed E-state index contributed by atoms with van der Waals surface area (Å²) in [7, 11) is 1.45. The highest BCUT2D eigenvalue weighted by molar-refractivity contribution is 6.35. The van der Waals surface area contributed by atoms with Gasteiger partial charge in [0.15, 0.2) is 5.58 Å². The molecule has 2 heterocycles. The Hall–Kier alpha value is -2.41. The Labute approximate surface area is 116 Å². The zero-order chi connectivity index (χ0) is 14.3. The molecule has 0 saturated heterocycles. The molecule has 0 fully saturated rings. The lowest BCUT2D eigenvalue weighted by molar-refractivity contribution is 0.396. The number of aromatic nitrogens is 3. The number of H-pyrrole nitrogens is 1. The van der Waals surface area contributed by atoms with E-state index in [0.29, 0.717) is 11.6 Å². The van der Waals surface area contributed by atoms with Crippen LogP contribution in [0, 0.1) is 5.82 Å². The van der Waals surface area contributed by atoms with Gasteiger partial charge in [-0.2, -0.15) is 0 Å². The van der Waals surface area contributed by atoms with E-state index in [2.05, 4.69) is 15.0 Å². The summed E-state index contributed by atoms with van der Waals surface area (Å²) in [6.07, 6.45) is 2.76. The quantitative estimate of drug-likeness (QED) is 0.785. The maximum atomic E-state index is 13.8. The van der Waals surface area contributed by atoms with Crippen LogP contribution in [0.1, 0.15) is 0 Å². The van der Waals surface area contributed by atoms with Crippen molar-refractivity contribution in [3.8, 4) is 17.1 Å². The highest BCUT2D eigenvalue weighted by Crippen LogP contribution is 2.32. The molecule has 0 aliphatic rings. The first kappa shape index (κ1) is 12.6. The number of oxazole rings is 1. The summed E-state index contributed by atoms with van der Waals surface area (Å²) in [5, 5.41) is -0.212. The van der Waals surface area contributed by atoms with Gasteiger partial charge >= 0.3 is 5.76 Å². The number of nitrogens with one attached hydrogen (secondary N) is 1. The Morgan fingerprint density at radius 1 is 1.40 bits per heavy atom. The van der Waals surface area contributed by atoms with E-state index in [1.54, 1.807) is 0 Å². The van der Waals surface area contributed by atoms with Crippen molar-refractivity contribution in [2.24, 2.45) is 0 Å². The van der Waals surface area contributed by atoms with Crippen molar-refractivity contribution >= 4 is 22.7 Å². The molecule has 0 spiro atoms. The first-order valence-corrected chi connectivity index (χ1v) is 5.85. The fraction of sp³-hybridized carbons (Fsp3) is 0.0833. The summed E-state index contributed by atoms with van der Waals surface area (Å²) in [6, 6.07) is 1.14. The molecule has 6 nitrogen and oxygen atoms in total. The van der Waals surface area contributed by atoms with Crippen molar-refractivity contribution in [1.82, 2.24) is 15.0 Å². The summed E-state index contributed by atoms with van der Waals surface area (Å²) in [6.45, 7) is 0. The second-order valence-electron chi connectivity index (χ2n) is 3.88. The summed E-state index contributed by atoms with van der Waals surface area (Å²) >= 11 is 5.79. The monoisotopic (exact) mass is 295 g/mol. The summed E-state index contributed by atoms with van der Waals surface area (Å²) < 4.78 is 23.7. The molecule has 3 aromatic rings. The van der Waals surface area contributed by atoms with Crippen LogP contribution in [0.4, 0.5) is 4.39 Å². The second-order valence-corrected chi connectivity index (χ2v) is 4.26. The molecule has 0 aliphatic carbocycles. The standard InChI is InChI=1S/C12H7ClFN3O3/c1-19-8-4-15-7(3-16-8)5-2-6(14)9(13)10-11(5)20-12(18)17-10/h2-4H,1H3,(H,17,18). The molecule has 0 unspecified atom stereocenters. The first-order valence-electron chi connectivity index (χ1n) is 5.47. The van der Waals surface area contributed by atoms with Crippen LogP contribution in [0.2, 0.25) is 5.02 Å². The number of nitrogens with zero attached hydrogens (tertiary/aromatic N) is 2. The van der Waals surface area contributed by atoms with E-state index in [1.807, 2.05) is 0 Å². The molecule has 3 rings (SSSR count). The number of hydrogen-bond acceptors (Lipinski definition) is 5. The van der Waals surface area contributed by atoms with Gasteiger partial charge in [0.25, 0.3) is 0 Å². The molecule has 8 heteroatoms. The molecule has 0 saturated carbocycles. The minimum atomic E-state index is -0.727. The number of ether oxygens (including phenoxy) is 1. The lowest BCUT2D eigenvalue weighted by atomic mass is 10.1. The number of fused-ring (bicyclic) bond motifs is 1. The Balaban J connectivity index is 2.29. The minimum Gasteiger partial charge on any atom is -0.480 e. The summed E-state index contributed by atoms with van der Waals surface area (Å²) in [4.78, 5) is 21.7. The van der Waals surface area contributed by atoms with E-state index in [9.17, 15) is 9.18 Å². The van der Waals surface area contributed by atoms with E-state index >= 15 is 0 Å². The molecular weight excluding hydrogens is 289 g/mol. The number of methoxy groups -OCH3 is 1. The zero-order valence-corrected chi connectivity index (χ0v) is 10.9. The third-order valence-electron chi connectivity index (χ3n) is 2.71. The first-order chi connectivity index (χ1) is 9.60. The maximum Gasteiger partial charge on any atom is 0.417 e. The molecular formula is C12H7ClFN3O3. The van der Waals surface area contributed by atoms with Crippen LogP contribution in [0.3, 0.4) is 0 Å². The fourth-order valence-corrected chi connectivity index (χ4v) is 1.99. The molecule has 1 N–H and O–H groups in total. The molecule has 0 atom stereocenters. The van der Waals surface area contributed by atoms with Crippen LogP contribution in [-0.2, 0) is 0 Å². The summed E-state index contributed by atoms with van der Waals surface area (Å²) in [5.74, 6) is -1.10.